The second kappa shape index (κ2) is 6.38. The third-order valence-corrected chi connectivity index (χ3v) is 4.32. The van der Waals surface area contributed by atoms with E-state index in [1.54, 1.807) is 27.7 Å². The lowest BCUT2D eigenvalue weighted by Gasteiger charge is -2.26. The summed E-state index contributed by atoms with van der Waals surface area (Å²) in [5.41, 5.74) is -0.915. The highest BCUT2D eigenvalue weighted by molar-refractivity contribution is 7.55. The first-order valence-corrected chi connectivity index (χ1v) is 6.88. The third kappa shape index (κ3) is 4.64. The quantitative estimate of drug-likeness (QED) is 0.537. The van der Waals surface area contributed by atoms with E-state index in [0.717, 1.165) is 0 Å². The zero-order valence-corrected chi connectivity index (χ0v) is 11.6. The van der Waals surface area contributed by atoms with Gasteiger partial charge in [-0.05, 0) is 34.6 Å². The van der Waals surface area contributed by atoms with E-state index in [9.17, 15) is 9.36 Å². The smallest absolute Gasteiger partial charge is 0.345 e. The van der Waals surface area contributed by atoms with Crippen molar-refractivity contribution < 1.29 is 23.1 Å². The molecule has 0 aliphatic heterocycles. The van der Waals surface area contributed by atoms with Crippen LogP contribution in [0.1, 0.15) is 34.6 Å². The molecule has 0 saturated heterocycles. The molecule has 0 spiro atoms. The number of carbonyl (C=O) groups is 1. The first-order chi connectivity index (χ1) is 7.23. The van der Waals surface area contributed by atoms with Crippen LogP contribution in [0, 0.1) is 0 Å². The number of esters is 1. The van der Waals surface area contributed by atoms with Crippen molar-refractivity contribution in [3.63, 3.8) is 0 Å². The minimum Gasteiger partial charge on any atom is -0.468 e. The average molecular weight is 252 g/mol. The van der Waals surface area contributed by atoms with Crippen LogP contribution in [0.5, 0.6) is 0 Å². The number of hydrogen-bond acceptors (Lipinski definition) is 5. The van der Waals surface area contributed by atoms with Crippen molar-refractivity contribution in [1.82, 2.24) is 0 Å². The molecule has 1 atom stereocenters. The standard InChI is InChI=1S/C10H21O5P/c1-7(2)14-16(12,15-8(3)4)9(5)10(11)13-6/h7-9H,1-6H3. The predicted molar refractivity (Wildman–Crippen MR) is 61.5 cm³/mol. The van der Waals surface area contributed by atoms with Crippen LogP contribution in [0.25, 0.3) is 0 Å². The summed E-state index contributed by atoms with van der Waals surface area (Å²) >= 11 is 0. The molecule has 5 nitrogen and oxygen atoms in total. The normalized spacial score (nSPS) is 14.2. The van der Waals surface area contributed by atoms with Gasteiger partial charge in [-0.1, -0.05) is 0 Å². The predicted octanol–water partition coefficient (Wildman–Crippen LogP) is 2.59. The Kier molecular flexibility index (Phi) is 6.23. The molecule has 1 unspecified atom stereocenters. The first-order valence-electron chi connectivity index (χ1n) is 5.27. The van der Waals surface area contributed by atoms with Gasteiger partial charge < -0.3 is 13.8 Å². The Labute approximate surface area is 97.0 Å². The zero-order valence-electron chi connectivity index (χ0n) is 10.7. The van der Waals surface area contributed by atoms with Crippen molar-refractivity contribution >= 4 is 13.6 Å². The van der Waals surface area contributed by atoms with Crippen LogP contribution < -0.4 is 0 Å². The fourth-order valence-corrected chi connectivity index (χ4v) is 3.05. The summed E-state index contributed by atoms with van der Waals surface area (Å²) in [4.78, 5) is 11.4. The minimum absolute atomic E-state index is 0.281. The van der Waals surface area contributed by atoms with Gasteiger partial charge in [0.15, 0.2) is 5.66 Å². The van der Waals surface area contributed by atoms with Gasteiger partial charge >= 0.3 is 13.6 Å². The van der Waals surface area contributed by atoms with E-state index in [1.165, 1.54) is 14.0 Å². The summed E-state index contributed by atoms with van der Waals surface area (Å²) in [5.74, 6) is -0.593. The molecular weight excluding hydrogens is 231 g/mol. The lowest BCUT2D eigenvalue weighted by Crippen LogP contribution is -2.24. The Morgan fingerprint density at radius 3 is 1.62 bits per heavy atom. The number of ether oxygens (including phenoxy) is 1. The molecule has 0 radical (unpaired) electrons. The molecule has 6 heteroatoms. The lowest BCUT2D eigenvalue weighted by molar-refractivity contribution is -0.140. The number of methoxy groups -OCH3 is 1. The highest BCUT2D eigenvalue weighted by Gasteiger charge is 2.40. The molecule has 0 rings (SSSR count). The van der Waals surface area contributed by atoms with Gasteiger partial charge in [-0.25, -0.2) is 0 Å². The first kappa shape index (κ1) is 15.6. The highest BCUT2D eigenvalue weighted by Crippen LogP contribution is 2.55. The van der Waals surface area contributed by atoms with Gasteiger partial charge in [-0.15, -0.1) is 0 Å². The van der Waals surface area contributed by atoms with Crippen LogP contribution in [0.2, 0.25) is 0 Å². The fourth-order valence-electron chi connectivity index (χ4n) is 1.09. The summed E-state index contributed by atoms with van der Waals surface area (Å²) in [5, 5.41) is 0. The Bertz CT molecular complexity index is 260. The van der Waals surface area contributed by atoms with E-state index in [0.29, 0.717) is 0 Å². The van der Waals surface area contributed by atoms with E-state index in [4.69, 9.17) is 9.05 Å². The molecule has 96 valence electrons. The van der Waals surface area contributed by atoms with E-state index in [-0.39, 0.29) is 12.2 Å². The van der Waals surface area contributed by atoms with Crippen molar-refractivity contribution in [2.75, 3.05) is 7.11 Å². The Hall–Kier alpha value is -0.380. The topological polar surface area (TPSA) is 61.8 Å². The number of hydrogen-bond donors (Lipinski definition) is 0. The largest absolute Gasteiger partial charge is 0.468 e. The van der Waals surface area contributed by atoms with Crippen molar-refractivity contribution in [1.29, 1.82) is 0 Å². The molecule has 0 bridgehead atoms. The van der Waals surface area contributed by atoms with E-state index < -0.39 is 19.2 Å². The average Bonchev–Trinajstić information content (AvgIpc) is 2.12. The van der Waals surface area contributed by atoms with Crippen molar-refractivity contribution in [3.05, 3.63) is 0 Å². The Balaban J connectivity index is 4.91. The number of carbonyl (C=O) groups excluding carboxylic acids is 1. The monoisotopic (exact) mass is 252 g/mol. The van der Waals surface area contributed by atoms with Crippen LogP contribution in [-0.4, -0.2) is 30.9 Å². The molecule has 0 fully saturated rings. The van der Waals surface area contributed by atoms with Gasteiger partial charge in [0, 0.05) is 0 Å². The maximum Gasteiger partial charge on any atom is 0.345 e. The SMILES string of the molecule is COC(=O)C(C)P(=O)(OC(C)C)OC(C)C. The molecule has 0 saturated carbocycles. The summed E-state index contributed by atoms with van der Waals surface area (Å²) in [6.07, 6.45) is -0.562. The molecule has 0 amide bonds. The van der Waals surface area contributed by atoms with Crippen LogP contribution in [-0.2, 0) is 23.1 Å². The second-order valence-electron chi connectivity index (χ2n) is 4.05. The maximum atomic E-state index is 12.4. The van der Waals surface area contributed by atoms with Gasteiger partial charge in [0.1, 0.15) is 0 Å². The van der Waals surface area contributed by atoms with Crippen LogP contribution >= 0.6 is 7.60 Å². The van der Waals surface area contributed by atoms with Crippen LogP contribution in [0.15, 0.2) is 0 Å². The Morgan fingerprint density at radius 1 is 1.00 bits per heavy atom. The summed E-state index contributed by atoms with van der Waals surface area (Å²) in [6, 6.07) is 0. The van der Waals surface area contributed by atoms with E-state index in [2.05, 4.69) is 4.74 Å². The van der Waals surface area contributed by atoms with Gasteiger partial charge in [0.05, 0.1) is 19.3 Å². The molecule has 0 aromatic heterocycles. The van der Waals surface area contributed by atoms with Gasteiger partial charge in [0.2, 0.25) is 0 Å². The van der Waals surface area contributed by atoms with E-state index in [1.807, 2.05) is 0 Å². The molecule has 16 heavy (non-hydrogen) atoms. The summed E-state index contributed by atoms with van der Waals surface area (Å²) < 4.78 is 27.5. The molecule has 0 aromatic rings. The van der Waals surface area contributed by atoms with Crippen molar-refractivity contribution in [2.45, 2.75) is 52.5 Å². The van der Waals surface area contributed by atoms with Gasteiger partial charge in [-0.2, -0.15) is 0 Å². The molecule has 0 heterocycles. The highest BCUT2D eigenvalue weighted by atomic mass is 31.2. The molecule has 0 aliphatic carbocycles. The molecule has 0 N–H and O–H groups in total. The summed E-state index contributed by atoms with van der Waals surface area (Å²) in [7, 11) is -2.23. The lowest BCUT2D eigenvalue weighted by atomic mass is 10.5. The van der Waals surface area contributed by atoms with Crippen LogP contribution in [0.4, 0.5) is 0 Å². The molecule has 0 aromatic carbocycles. The fraction of sp³-hybridized carbons (Fsp3) is 0.900. The van der Waals surface area contributed by atoms with Gasteiger partial charge in [-0.3, -0.25) is 9.36 Å². The van der Waals surface area contributed by atoms with Crippen molar-refractivity contribution in [2.24, 2.45) is 0 Å². The number of rotatable bonds is 6. The zero-order chi connectivity index (χ0) is 12.9. The third-order valence-electron chi connectivity index (χ3n) is 1.73. The van der Waals surface area contributed by atoms with Crippen LogP contribution in [0.3, 0.4) is 0 Å². The molecular formula is C10H21O5P. The Morgan fingerprint density at radius 2 is 1.38 bits per heavy atom. The second-order valence-corrected chi connectivity index (χ2v) is 6.32. The molecule has 0 aliphatic rings. The summed E-state index contributed by atoms with van der Waals surface area (Å²) in [6.45, 7) is 8.43. The van der Waals surface area contributed by atoms with Gasteiger partial charge in [0.25, 0.3) is 0 Å². The van der Waals surface area contributed by atoms with E-state index >= 15 is 0 Å². The maximum absolute atomic E-state index is 12.4. The minimum atomic E-state index is -3.47. The van der Waals surface area contributed by atoms with Crippen molar-refractivity contribution in [3.8, 4) is 0 Å².